The molecule has 0 fully saturated rings. The van der Waals surface area contributed by atoms with Gasteiger partial charge in [0.25, 0.3) is 5.56 Å². The average molecular weight is 280 g/mol. The maximum atomic E-state index is 13.1. The fraction of sp³-hybridized carbons (Fsp3) is 0.154. The van der Waals surface area contributed by atoms with Crippen LogP contribution in [0.4, 0.5) is 10.1 Å². The molecule has 0 radical (unpaired) electrons. The number of anilines is 1. The van der Waals surface area contributed by atoms with E-state index in [1.165, 1.54) is 28.8 Å². The molecule has 0 aliphatic heterocycles. The van der Waals surface area contributed by atoms with Crippen molar-refractivity contribution in [1.29, 1.82) is 0 Å². The summed E-state index contributed by atoms with van der Waals surface area (Å²) in [5.74, 6) is -0.271. The van der Waals surface area contributed by atoms with Gasteiger partial charge < -0.3 is 10.3 Å². The predicted molar refractivity (Wildman–Crippen MR) is 72.8 cm³/mol. The van der Waals surface area contributed by atoms with Crippen LogP contribution in [0.3, 0.4) is 0 Å². The third kappa shape index (κ3) is 3.29. The number of aryl methyl sites for hydroxylation is 1. The summed E-state index contributed by atoms with van der Waals surface area (Å²) in [5.41, 5.74) is 5.79. The van der Waals surface area contributed by atoms with Crippen LogP contribution in [0.2, 0.25) is 0 Å². The van der Waals surface area contributed by atoms with Gasteiger partial charge in [0.2, 0.25) is 0 Å². The van der Waals surface area contributed by atoms with Crippen LogP contribution in [0.25, 0.3) is 0 Å². The minimum atomic E-state index is -1.44. The summed E-state index contributed by atoms with van der Waals surface area (Å²) < 4.78 is 26.6. The fourth-order valence-electron chi connectivity index (χ4n) is 1.64. The van der Waals surface area contributed by atoms with Crippen molar-refractivity contribution in [2.45, 2.75) is 11.4 Å². The molecule has 2 N–H and O–H groups in total. The summed E-state index contributed by atoms with van der Waals surface area (Å²) in [6.45, 7) is 0.294. The molecule has 0 saturated carbocycles. The molecule has 19 heavy (non-hydrogen) atoms. The molecule has 0 saturated heterocycles. The number of pyridine rings is 1. The van der Waals surface area contributed by atoms with Gasteiger partial charge in [0.1, 0.15) is 5.82 Å². The molecule has 2 aromatic rings. The minimum Gasteiger partial charge on any atom is -0.398 e. The fourth-order valence-corrected chi connectivity index (χ4v) is 2.80. The normalized spacial score (nSPS) is 12.3. The Morgan fingerprint density at radius 1 is 1.26 bits per heavy atom. The van der Waals surface area contributed by atoms with E-state index in [2.05, 4.69) is 0 Å². The van der Waals surface area contributed by atoms with Crippen molar-refractivity contribution in [2.24, 2.45) is 0 Å². The molecule has 1 aromatic carbocycles. The molecule has 2 rings (SSSR count). The largest absolute Gasteiger partial charge is 0.398 e. The van der Waals surface area contributed by atoms with Crippen molar-refractivity contribution in [3.8, 4) is 0 Å². The number of hydrogen-bond acceptors (Lipinski definition) is 3. The molecule has 100 valence electrons. The summed E-state index contributed by atoms with van der Waals surface area (Å²) in [6.07, 6.45) is 1.62. The van der Waals surface area contributed by atoms with Crippen LogP contribution < -0.4 is 11.3 Å². The van der Waals surface area contributed by atoms with Crippen molar-refractivity contribution in [1.82, 2.24) is 4.57 Å². The Hall–Kier alpha value is -1.95. The third-order valence-electron chi connectivity index (χ3n) is 2.64. The highest BCUT2D eigenvalue weighted by Gasteiger charge is 2.09. The summed E-state index contributed by atoms with van der Waals surface area (Å²) >= 11 is 0. The molecule has 4 nitrogen and oxygen atoms in total. The van der Waals surface area contributed by atoms with Gasteiger partial charge in [0.05, 0.1) is 15.7 Å². The third-order valence-corrected chi connectivity index (χ3v) is 4.03. The summed E-state index contributed by atoms with van der Waals surface area (Å²) in [7, 11) is -1.44. The van der Waals surface area contributed by atoms with Gasteiger partial charge in [-0.2, -0.15) is 0 Å². The number of nitrogens with two attached hydrogens (primary N) is 1. The van der Waals surface area contributed by atoms with E-state index in [-0.39, 0.29) is 16.2 Å². The number of aromatic nitrogens is 1. The van der Waals surface area contributed by atoms with Gasteiger partial charge in [-0.1, -0.05) is 6.07 Å². The van der Waals surface area contributed by atoms with E-state index in [4.69, 9.17) is 5.73 Å². The number of hydrogen-bond donors (Lipinski definition) is 1. The zero-order valence-corrected chi connectivity index (χ0v) is 10.9. The second kappa shape index (κ2) is 5.79. The molecule has 0 bridgehead atoms. The van der Waals surface area contributed by atoms with Gasteiger partial charge in [-0.3, -0.25) is 9.00 Å². The highest BCUT2D eigenvalue weighted by atomic mass is 32.2. The maximum absolute atomic E-state index is 13.1. The van der Waals surface area contributed by atoms with Gasteiger partial charge in [-0.25, -0.2) is 4.39 Å². The molecule has 0 aliphatic carbocycles. The van der Waals surface area contributed by atoms with Crippen LogP contribution in [0.5, 0.6) is 0 Å². The zero-order chi connectivity index (χ0) is 13.8. The molecular weight excluding hydrogens is 267 g/mol. The summed E-state index contributed by atoms with van der Waals surface area (Å²) in [4.78, 5) is 11.7. The second-order valence-electron chi connectivity index (χ2n) is 3.96. The number of halogens is 1. The molecule has 0 spiro atoms. The van der Waals surface area contributed by atoms with Gasteiger partial charge in [-0.15, -0.1) is 0 Å². The van der Waals surface area contributed by atoms with Crippen molar-refractivity contribution in [2.75, 3.05) is 11.5 Å². The lowest BCUT2D eigenvalue weighted by molar-refractivity contribution is 0.622. The zero-order valence-electron chi connectivity index (χ0n) is 10.1. The Morgan fingerprint density at radius 3 is 2.79 bits per heavy atom. The van der Waals surface area contributed by atoms with Gasteiger partial charge in [0.15, 0.2) is 0 Å². The topological polar surface area (TPSA) is 65.1 Å². The van der Waals surface area contributed by atoms with E-state index in [0.717, 1.165) is 0 Å². The van der Waals surface area contributed by atoms with E-state index in [1.54, 1.807) is 18.3 Å². The highest BCUT2D eigenvalue weighted by Crippen LogP contribution is 2.17. The van der Waals surface area contributed by atoms with Gasteiger partial charge >= 0.3 is 0 Å². The van der Waals surface area contributed by atoms with Gasteiger partial charge in [0, 0.05) is 30.2 Å². The second-order valence-corrected chi connectivity index (χ2v) is 5.50. The standard InChI is InChI=1S/C13H13FN2O2S/c14-10-4-5-11(15)12(9-10)19(18)8-7-16-6-2-1-3-13(16)17/h1-6,9H,7-8,15H2. The van der Waals surface area contributed by atoms with Crippen LogP contribution in [-0.2, 0) is 17.3 Å². The molecule has 1 heterocycles. The number of benzene rings is 1. The highest BCUT2D eigenvalue weighted by molar-refractivity contribution is 7.85. The van der Waals surface area contributed by atoms with Crippen molar-refractivity contribution >= 4 is 16.5 Å². The molecule has 6 heteroatoms. The first-order valence-corrected chi connectivity index (χ1v) is 6.98. The van der Waals surface area contributed by atoms with Crippen molar-refractivity contribution in [3.05, 3.63) is 58.8 Å². The first-order chi connectivity index (χ1) is 9.08. The smallest absolute Gasteiger partial charge is 0.250 e. The quantitative estimate of drug-likeness (QED) is 0.860. The Morgan fingerprint density at radius 2 is 2.05 bits per heavy atom. The average Bonchev–Trinajstić information content (AvgIpc) is 2.40. The summed E-state index contributed by atoms with van der Waals surface area (Å²) in [6, 6.07) is 8.56. The Labute approximate surface area is 112 Å². The van der Waals surface area contributed by atoms with Gasteiger partial charge in [-0.05, 0) is 24.3 Å². The van der Waals surface area contributed by atoms with E-state index in [9.17, 15) is 13.4 Å². The number of nitrogens with zero attached hydrogens (tertiary/aromatic N) is 1. The molecule has 0 amide bonds. The predicted octanol–water partition coefficient (Wildman–Crippen LogP) is 1.38. The number of nitrogen functional groups attached to an aromatic ring is 1. The molecular formula is C13H13FN2O2S. The van der Waals surface area contributed by atoms with Crippen LogP contribution in [-0.4, -0.2) is 14.5 Å². The van der Waals surface area contributed by atoms with E-state index in [0.29, 0.717) is 12.2 Å². The lowest BCUT2D eigenvalue weighted by Gasteiger charge is -2.07. The van der Waals surface area contributed by atoms with E-state index in [1.807, 2.05) is 0 Å². The molecule has 1 unspecified atom stereocenters. The molecule has 1 aromatic heterocycles. The Balaban J connectivity index is 2.12. The van der Waals surface area contributed by atoms with E-state index < -0.39 is 16.6 Å². The first-order valence-electron chi connectivity index (χ1n) is 5.67. The van der Waals surface area contributed by atoms with Crippen LogP contribution in [0.1, 0.15) is 0 Å². The Kier molecular flexibility index (Phi) is 4.11. The van der Waals surface area contributed by atoms with Crippen molar-refractivity contribution < 1.29 is 8.60 Å². The molecule has 1 atom stereocenters. The van der Waals surface area contributed by atoms with Crippen LogP contribution >= 0.6 is 0 Å². The van der Waals surface area contributed by atoms with Crippen LogP contribution in [0, 0.1) is 5.82 Å². The van der Waals surface area contributed by atoms with E-state index >= 15 is 0 Å². The van der Waals surface area contributed by atoms with Crippen molar-refractivity contribution in [3.63, 3.8) is 0 Å². The first kappa shape index (κ1) is 13.5. The van der Waals surface area contributed by atoms with Crippen LogP contribution in [0.15, 0.2) is 52.3 Å². The number of rotatable bonds is 4. The lowest BCUT2D eigenvalue weighted by atomic mass is 10.3. The maximum Gasteiger partial charge on any atom is 0.250 e. The lowest BCUT2D eigenvalue weighted by Crippen LogP contribution is -2.21. The minimum absolute atomic E-state index is 0.160. The SMILES string of the molecule is Nc1ccc(F)cc1S(=O)CCn1ccccc1=O. The Bertz CT molecular complexity index is 670. The molecule has 0 aliphatic rings. The summed E-state index contributed by atoms with van der Waals surface area (Å²) in [5, 5.41) is 0. The monoisotopic (exact) mass is 280 g/mol.